The average Bonchev–Trinajstić information content (AvgIpc) is 1.81. The predicted octanol–water partition coefficient (Wildman–Crippen LogP) is 2.81. The van der Waals surface area contributed by atoms with E-state index in [4.69, 9.17) is 0 Å². The van der Waals surface area contributed by atoms with Crippen LogP contribution >= 0.6 is 0 Å². The fraction of sp³-hybridized carbons (Fsp3) is 1.00. The quantitative estimate of drug-likeness (QED) is 0.479. The summed E-state index contributed by atoms with van der Waals surface area (Å²) in [6.07, 6.45) is 0. The number of rotatable bonds is 1. The summed E-state index contributed by atoms with van der Waals surface area (Å²) in [4.78, 5) is 0. The molecule has 0 aromatic carbocycles. The van der Waals surface area contributed by atoms with Crippen molar-refractivity contribution in [3.63, 3.8) is 0 Å². The van der Waals surface area contributed by atoms with E-state index in [1.54, 1.807) is 0 Å². The highest BCUT2D eigenvalue weighted by Gasteiger charge is 2.47. The number of hydrogen-bond donors (Lipinski definition) is 1. The van der Waals surface area contributed by atoms with Gasteiger partial charge in [0.05, 0.1) is 0 Å². The molecule has 0 aliphatic carbocycles. The first-order chi connectivity index (χ1) is 5.06. The van der Waals surface area contributed by atoms with E-state index in [9.17, 15) is 5.21 Å². The van der Waals surface area contributed by atoms with Crippen LogP contribution in [-0.2, 0) is 0 Å². The van der Waals surface area contributed by atoms with E-state index in [1.165, 1.54) is 0 Å². The zero-order valence-corrected chi connectivity index (χ0v) is 9.60. The minimum atomic E-state index is -0.118. The molecule has 0 fully saturated rings. The number of quaternary nitrogens is 1. The van der Waals surface area contributed by atoms with Gasteiger partial charge in [-0.25, -0.2) is 5.21 Å². The molecule has 74 valence electrons. The predicted molar refractivity (Wildman–Crippen MR) is 52.1 cm³/mol. The second-order valence-electron chi connectivity index (χ2n) is 5.43. The molecule has 0 heterocycles. The van der Waals surface area contributed by atoms with Crippen LogP contribution in [0.15, 0.2) is 0 Å². The topological polar surface area (TPSA) is 20.2 Å². The Hall–Kier alpha value is -0.0800. The van der Waals surface area contributed by atoms with E-state index in [0.717, 1.165) is 6.54 Å². The van der Waals surface area contributed by atoms with Crippen LogP contribution in [0.25, 0.3) is 0 Å². The normalized spacial score (nSPS) is 15.0. The smallest absolute Gasteiger partial charge is 0.121 e. The summed E-state index contributed by atoms with van der Waals surface area (Å²) >= 11 is 0. The lowest BCUT2D eigenvalue weighted by molar-refractivity contribution is -1.16. The molecular weight excluding hydrogens is 150 g/mol. The van der Waals surface area contributed by atoms with Gasteiger partial charge in [-0.2, -0.15) is 4.65 Å². The van der Waals surface area contributed by atoms with Crippen LogP contribution < -0.4 is 0 Å². The van der Waals surface area contributed by atoms with Crippen LogP contribution in [0.4, 0.5) is 0 Å². The van der Waals surface area contributed by atoms with Crippen molar-refractivity contribution < 1.29 is 9.85 Å². The molecule has 0 saturated carbocycles. The second-order valence-corrected chi connectivity index (χ2v) is 5.43. The minimum Gasteiger partial charge on any atom is -0.216 e. The molecule has 0 atom stereocenters. The Morgan fingerprint density at radius 1 is 0.917 bits per heavy atom. The standard InChI is InChI=1S/C10H24NO/c1-8-11(12,9(2,3)4)10(5,6)7/h12H,8H2,1-7H3/q+1. The third kappa shape index (κ3) is 1.80. The van der Waals surface area contributed by atoms with Crippen molar-refractivity contribution in [3.8, 4) is 0 Å². The summed E-state index contributed by atoms with van der Waals surface area (Å²) in [7, 11) is 0. The van der Waals surface area contributed by atoms with E-state index in [0.29, 0.717) is 0 Å². The van der Waals surface area contributed by atoms with E-state index in [2.05, 4.69) is 41.5 Å². The molecule has 12 heavy (non-hydrogen) atoms. The highest BCUT2D eigenvalue weighted by molar-refractivity contribution is 4.69. The van der Waals surface area contributed by atoms with Gasteiger partial charge < -0.3 is 0 Å². The Bertz CT molecular complexity index is 136. The molecule has 1 N–H and O–H groups in total. The summed E-state index contributed by atoms with van der Waals surface area (Å²) in [6, 6.07) is 0. The summed E-state index contributed by atoms with van der Waals surface area (Å²) in [5.41, 5.74) is -0.236. The van der Waals surface area contributed by atoms with Crippen molar-refractivity contribution in [1.29, 1.82) is 0 Å². The minimum absolute atomic E-state index is 0.111. The van der Waals surface area contributed by atoms with Crippen LogP contribution in [0.2, 0.25) is 0 Å². The Kier molecular flexibility index (Phi) is 2.98. The van der Waals surface area contributed by atoms with Gasteiger partial charge in [0.2, 0.25) is 0 Å². The molecule has 0 unspecified atom stereocenters. The molecule has 0 aliphatic heterocycles. The molecule has 0 aromatic rings. The zero-order valence-electron chi connectivity index (χ0n) is 9.60. The Balaban J connectivity index is 4.95. The number of hydrogen-bond acceptors (Lipinski definition) is 1. The molecular formula is C10H24NO+. The van der Waals surface area contributed by atoms with Crippen LogP contribution in [0.3, 0.4) is 0 Å². The average molecular weight is 174 g/mol. The molecule has 0 aromatic heterocycles. The largest absolute Gasteiger partial charge is 0.216 e. The van der Waals surface area contributed by atoms with Crippen molar-refractivity contribution in [2.24, 2.45) is 0 Å². The van der Waals surface area contributed by atoms with Crippen LogP contribution in [0.5, 0.6) is 0 Å². The maximum Gasteiger partial charge on any atom is 0.121 e. The van der Waals surface area contributed by atoms with Crippen molar-refractivity contribution in [3.05, 3.63) is 0 Å². The molecule has 2 nitrogen and oxygen atoms in total. The lowest BCUT2D eigenvalue weighted by atomic mass is 9.95. The van der Waals surface area contributed by atoms with Gasteiger partial charge in [-0.3, -0.25) is 0 Å². The Morgan fingerprint density at radius 2 is 1.17 bits per heavy atom. The van der Waals surface area contributed by atoms with Crippen LogP contribution in [0, 0.1) is 0 Å². The highest BCUT2D eigenvalue weighted by atomic mass is 16.6. The highest BCUT2D eigenvalue weighted by Crippen LogP contribution is 2.31. The van der Waals surface area contributed by atoms with Crippen molar-refractivity contribution in [1.82, 2.24) is 0 Å². The molecule has 0 radical (unpaired) electrons. The summed E-state index contributed by atoms with van der Waals surface area (Å²) in [6.45, 7) is 15.2. The third-order valence-electron chi connectivity index (χ3n) is 2.68. The van der Waals surface area contributed by atoms with E-state index in [1.807, 2.05) is 6.92 Å². The molecule has 0 saturated heterocycles. The fourth-order valence-corrected chi connectivity index (χ4v) is 1.95. The first-order valence-corrected chi connectivity index (χ1v) is 4.67. The van der Waals surface area contributed by atoms with Crippen molar-refractivity contribution >= 4 is 0 Å². The van der Waals surface area contributed by atoms with Crippen molar-refractivity contribution in [2.75, 3.05) is 6.54 Å². The van der Waals surface area contributed by atoms with Crippen molar-refractivity contribution in [2.45, 2.75) is 59.5 Å². The summed E-state index contributed by atoms with van der Waals surface area (Å²) in [5, 5.41) is 10.4. The maximum absolute atomic E-state index is 10.4. The number of nitrogens with zero attached hydrogens (tertiary/aromatic N) is 1. The SMILES string of the molecule is CC[N+](O)(C(C)(C)C)C(C)(C)C. The summed E-state index contributed by atoms with van der Waals surface area (Å²) < 4.78 is 0.111. The first-order valence-electron chi connectivity index (χ1n) is 4.67. The van der Waals surface area contributed by atoms with E-state index >= 15 is 0 Å². The van der Waals surface area contributed by atoms with Gasteiger partial charge in [0.15, 0.2) is 0 Å². The lowest BCUT2D eigenvalue weighted by Gasteiger charge is -2.49. The molecule has 0 aliphatic rings. The van der Waals surface area contributed by atoms with Gasteiger partial charge in [0, 0.05) is 0 Å². The monoisotopic (exact) mass is 174 g/mol. The van der Waals surface area contributed by atoms with Gasteiger partial charge in [-0.1, -0.05) is 0 Å². The third-order valence-corrected chi connectivity index (χ3v) is 2.68. The Morgan fingerprint density at radius 3 is 1.17 bits per heavy atom. The van der Waals surface area contributed by atoms with E-state index in [-0.39, 0.29) is 15.7 Å². The molecule has 0 spiro atoms. The second kappa shape index (κ2) is 3.00. The van der Waals surface area contributed by atoms with Gasteiger partial charge in [0.25, 0.3) is 0 Å². The molecule has 0 bridgehead atoms. The number of hydroxylamine groups is 3. The molecule has 0 amide bonds. The van der Waals surface area contributed by atoms with Crippen LogP contribution in [-0.4, -0.2) is 27.5 Å². The van der Waals surface area contributed by atoms with Gasteiger partial charge in [-0.05, 0) is 48.5 Å². The molecule has 2 heteroatoms. The Labute approximate surface area is 76.7 Å². The van der Waals surface area contributed by atoms with Gasteiger partial charge in [0.1, 0.15) is 17.6 Å². The maximum atomic E-state index is 10.4. The first kappa shape index (κ1) is 11.9. The fourth-order valence-electron chi connectivity index (χ4n) is 1.95. The summed E-state index contributed by atoms with van der Waals surface area (Å²) in [5.74, 6) is 0. The van der Waals surface area contributed by atoms with Gasteiger partial charge in [-0.15, -0.1) is 0 Å². The van der Waals surface area contributed by atoms with Gasteiger partial charge >= 0.3 is 0 Å². The lowest BCUT2D eigenvalue weighted by Crippen LogP contribution is -2.67. The van der Waals surface area contributed by atoms with E-state index < -0.39 is 0 Å². The molecule has 0 rings (SSSR count). The van der Waals surface area contributed by atoms with Crippen LogP contribution in [0.1, 0.15) is 48.5 Å². The zero-order chi connectivity index (χ0) is 10.2.